The van der Waals surface area contributed by atoms with Gasteiger partial charge in [-0.15, -0.1) is 0 Å². The Balaban J connectivity index is 1.42. The van der Waals surface area contributed by atoms with Crippen LogP contribution in [0.25, 0.3) is 0 Å². The Hall–Kier alpha value is -3.61. The lowest BCUT2D eigenvalue weighted by Gasteiger charge is -2.33. The molecule has 1 aliphatic heterocycles. The summed E-state index contributed by atoms with van der Waals surface area (Å²) in [5, 5.41) is 3.44. The number of nitrogens with one attached hydrogen (secondary N) is 1. The van der Waals surface area contributed by atoms with Crippen LogP contribution in [0.3, 0.4) is 0 Å². The van der Waals surface area contributed by atoms with Crippen LogP contribution in [0.5, 0.6) is 5.75 Å². The molecule has 0 unspecified atom stereocenters. The Morgan fingerprint density at radius 1 is 1.15 bits per heavy atom. The van der Waals surface area contributed by atoms with Gasteiger partial charge < -0.3 is 19.5 Å². The quantitative estimate of drug-likeness (QED) is 0.591. The lowest BCUT2D eigenvalue weighted by molar-refractivity contribution is -0.132. The van der Waals surface area contributed by atoms with Gasteiger partial charge in [0.05, 0.1) is 7.11 Å². The molecule has 7 heteroatoms. The van der Waals surface area contributed by atoms with E-state index < -0.39 is 0 Å². The summed E-state index contributed by atoms with van der Waals surface area (Å²) in [7, 11) is 1.65. The molecule has 4 rings (SSSR count). The second-order valence-electron chi connectivity index (χ2n) is 8.44. The minimum atomic E-state index is -0.0809. The highest BCUT2D eigenvalue weighted by atomic mass is 16.5. The molecule has 0 aliphatic carbocycles. The topological polar surface area (TPSA) is 76.5 Å². The number of hydrogen-bond acceptors (Lipinski definition) is 5. The van der Waals surface area contributed by atoms with Crippen LogP contribution in [-0.4, -0.2) is 40.6 Å². The van der Waals surface area contributed by atoms with Crippen molar-refractivity contribution in [1.29, 1.82) is 0 Å². The van der Waals surface area contributed by atoms with Crippen molar-refractivity contribution in [1.82, 2.24) is 14.5 Å². The summed E-state index contributed by atoms with van der Waals surface area (Å²) in [6, 6.07) is 16.9. The van der Waals surface area contributed by atoms with Crippen LogP contribution in [0.2, 0.25) is 0 Å². The Bertz CT molecular complexity index is 1160. The number of nitrogens with zero attached hydrogens (tertiary/aromatic N) is 3. The Morgan fingerprint density at radius 2 is 1.97 bits per heavy atom. The molecule has 0 bridgehead atoms. The molecule has 33 heavy (non-hydrogen) atoms. The number of rotatable bonds is 7. The lowest BCUT2D eigenvalue weighted by Crippen LogP contribution is -2.40. The summed E-state index contributed by atoms with van der Waals surface area (Å²) in [6.45, 7) is 3.80. The van der Waals surface area contributed by atoms with Crippen LogP contribution >= 0.6 is 0 Å². The highest BCUT2D eigenvalue weighted by Crippen LogP contribution is 2.29. The fourth-order valence-corrected chi connectivity index (χ4v) is 4.28. The third-order valence-electron chi connectivity index (χ3n) is 6.01. The van der Waals surface area contributed by atoms with Crippen molar-refractivity contribution in [2.24, 2.45) is 0 Å². The van der Waals surface area contributed by atoms with Crippen LogP contribution in [0.4, 0.5) is 11.4 Å². The average molecular weight is 447 g/mol. The molecule has 2 aromatic heterocycles. The summed E-state index contributed by atoms with van der Waals surface area (Å²) in [5.41, 5.74) is 3.82. The van der Waals surface area contributed by atoms with E-state index in [2.05, 4.69) is 11.4 Å². The zero-order valence-electron chi connectivity index (χ0n) is 19.2. The third kappa shape index (κ3) is 5.80. The van der Waals surface area contributed by atoms with E-state index >= 15 is 0 Å². The fourth-order valence-electron chi connectivity index (χ4n) is 4.28. The molecule has 1 atom stereocenters. The SMILES string of the molecule is COc1ccc(Nc2cc(C)nc([C@@H]3CCCN(C(=O)CCn4ccccc4=O)C3)c2)cc1. The first-order valence-electron chi connectivity index (χ1n) is 11.3. The largest absolute Gasteiger partial charge is 0.497 e. The first kappa shape index (κ1) is 22.6. The van der Waals surface area contributed by atoms with Crippen molar-refractivity contribution in [2.75, 3.05) is 25.5 Å². The maximum absolute atomic E-state index is 12.9. The van der Waals surface area contributed by atoms with Gasteiger partial charge >= 0.3 is 0 Å². The molecule has 0 spiro atoms. The number of carbonyl (C=O) groups is 1. The molecule has 1 saturated heterocycles. The summed E-state index contributed by atoms with van der Waals surface area (Å²) in [4.78, 5) is 31.4. The van der Waals surface area contributed by atoms with Gasteiger partial charge in [0.15, 0.2) is 0 Å². The highest BCUT2D eigenvalue weighted by Gasteiger charge is 2.26. The van der Waals surface area contributed by atoms with Crippen LogP contribution in [-0.2, 0) is 11.3 Å². The monoisotopic (exact) mass is 446 g/mol. The van der Waals surface area contributed by atoms with Crippen molar-refractivity contribution in [3.05, 3.63) is 82.5 Å². The number of anilines is 2. The van der Waals surface area contributed by atoms with Gasteiger partial charge in [-0.25, -0.2) is 0 Å². The molecule has 0 saturated carbocycles. The van der Waals surface area contributed by atoms with E-state index in [1.165, 1.54) is 6.07 Å². The Kier molecular flexibility index (Phi) is 7.07. The number of amides is 1. The van der Waals surface area contributed by atoms with E-state index in [4.69, 9.17) is 9.72 Å². The van der Waals surface area contributed by atoms with E-state index in [0.717, 1.165) is 47.9 Å². The number of likely N-dealkylation sites (tertiary alicyclic amines) is 1. The van der Waals surface area contributed by atoms with E-state index in [1.54, 1.807) is 23.9 Å². The number of aromatic nitrogens is 2. The molecule has 0 radical (unpaired) electrons. The number of piperidine rings is 1. The molecule has 3 heterocycles. The van der Waals surface area contributed by atoms with Crippen LogP contribution in [0, 0.1) is 6.92 Å². The maximum atomic E-state index is 12.9. The molecule has 1 aromatic carbocycles. The van der Waals surface area contributed by atoms with Gasteiger partial charge in [0.1, 0.15) is 5.75 Å². The van der Waals surface area contributed by atoms with Crippen LogP contribution in [0.15, 0.2) is 65.6 Å². The lowest BCUT2D eigenvalue weighted by atomic mass is 9.93. The Morgan fingerprint density at radius 3 is 2.73 bits per heavy atom. The third-order valence-corrected chi connectivity index (χ3v) is 6.01. The summed E-state index contributed by atoms with van der Waals surface area (Å²) in [6.07, 6.45) is 3.99. The van der Waals surface area contributed by atoms with E-state index in [0.29, 0.717) is 19.5 Å². The summed E-state index contributed by atoms with van der Waals surface area (Å²) < 4.78 is 6.81. The van der Waals surface area contributed by atoms with Gasteiger partial charge in [0, 0.05) is 67.0 Å². The number of carbonyl (C=O) groups excluding carboxylic acids is 1. The number of ether oxygens (including phenoxy) is 1. The van der Waals surface area contributed by atoms with Crippen molar-refractivity contribution < 1.29 is 9.53 Å². The molecule has 1 N–H and O–H groups in total. The molecule has 7 nitrogen and oxygen atoms in total. The molecule has 1 aliphatic rings. The Labute approximate surface area is 194 Å². The normalized spacial score (nSPS) is 15.8. The summed E-state index contributed by atoms with van der Waals surface area (Å²) in [5.74, 6) is 1.09. The van der Waals surface area contributed by atoms with E-state index in [-0.39, 0.29) is 17.4 Å². The molecule has 1 fully saturated rings. The van der Waals surface area contributed by atoms with Crippen molar-refractivity contribution in [3.8, 4) is 5.75 Å². The number of methoxy groups -OCH3 is 1. The molecule has 3 aromatic rings. The van der Waals surface area contributed by atoms with Gasteiger partial charge in [-0.1, -0.05) is 6.07 Å². The van der Waals surface area contributed by atoms with Gasteiger partial charge in [0.25, 0.3) is 5.56 Å². The minimum Gasteiger partial charge on any atom is -0.497 e. The van der Waals surface area contributed by atoms with Crippen LogP contribution < -0.4 is 15.6 Å². The number of hydrogen-bond donors (Lipinski definition) is 1. The van der Waals surface area contributed by atoms with Crippen molar-refractivity contribution >= 4 is 17.3 Å². The first-order chi connectivity index (χ1) is 16.0. The second kappa shape index (κ2) is 10.3. The van der Waals surface area contributed by atoms with E-state index in [9.17, 15) is 9.59 Å². The first-order valence-corrected chi connectivity index (χ1v) is 11.3. The molecular formula is C26H30N4O3. The van der Waals surface area contributed by atoms with Gasteiger partial charge in [-0.05, 0) is 62.2 Å². The average Bonchev–Trinajstić information content (AvgIpc) is 2.83. The van der Waals surface area contributed by atoms with Crippen molar-refractivity contribution in [3.63, 3.8) is 0 Å². The number of aryl methyl sites for hydroxylation is 2. The van der Waals surface area contributed by atoms with Gasteiger partial charge in [-0.3, -0.25) is 14.6 Å². The highest BCUT2D eigenvalue weighted by molar-refractivity contribution is 5.76. The minimum absolute atomic E-state index is 0.0809. The van der Waals surface area contributed by atoms with Gasteiger partial charge in [-0.2, -0.15) is 0 Å². The zero-order chi connectivity index (χ0) is 23.2. The van der Waals surface area contributed by atoms with Gasteiger partial charge in [0.2, 0.25) is 5.91 Å². The maximum Gasteiger partial charge on any atom is 0.250 e. The number of benzene rings is 1. The molecular weight excluding hydrogens is 416 g/mol. The standard InChI is InChI=1S/C26H30N4O3/c1-19-16-22(28-21-8-10-23(33-2)11-9-21)17-24(27-19)20-6-5-14-30(18-20)26(32)12-15-29-13-4-3-7-25(29)31/h3-4,7-11,13,16-17,20H,5-6,12,14-15,18H2,1-2H3,(H,27,28)/t20-/m1/s1. The van der Waals surface area contributed by atoms with Crippen LogP contribution in [0.1, 0.15) is 36.6 Å². The van der Waals surface area contributed by atoms with Crippen molar-refractivity contribution in [2.45, 2.75) is 38.6 Å². The zero-order valence-corrected chi connectivity index (χ0v) is 19.2. The molecule has 1 amide bonds. The predicted octanol–water partition coefficient (Wildman–Crippen LogP) is 4.10. The fraction of sp³-hybridized carbons (Fsp3) is 0.346. The smallest absolute Gasteiger partial charge is 0.250 e. The second-order valence-corrected chi connectivity index (χ2v) is 8.44. The van der Waals surface area contributed by atoms with E-state index in [1.807, 2.05) is 48.2 Å². The number of pyridine rings is 2. The molecule has 172 valence electrons. The summed E-state index contributed by atoms with van der Waals surface area (Å²) >= 11 is 0. The predicted molar refractivity (Wildman–Crippen MR) is 129 cm³/mol.